The number of pyridine rings is 1. The molecule has 3 rings (SSSR count). The molecule has 0 aliphatic carbocycles. The smallest absolute Gasteiger partial charge is 0.306 e. The molecule has 0 saturated carbocycles. The van der Waals surface area contributed by atoms with Crippen molar-refractivity contribution in [1.29, 1.82) is 0 Å². The van der Waals surface area contributed by atoms with Crippen LogP contribution in [0.1, 0.15) is 33.8 Å². The van der Waals surface area contributed by atoms with E-state index in [0.29, 0.717) is 20.6 Å². The van der Waals surface area contributed by atoms with Crippen LogP contribution in [0.3, 0.4) is 0 Å². The van der Waals surface area contributed by atoms with Gasteiger partial charge in [-0.1, -0.05) is 17.7 Å². The van der Waals surface area contributed by atoms with Crippen LogP contribution in [0.2, 0.25) is 4.34 Å². The summed E-state index contributed by atoms with van der Waals surface area (Å²) in [6.07, 6.45) is 1.70. The van der Waals surface area contributed by atoms with E-state index in [-0.39, 0.29) is 30.8 Å². The van der Waals surface area contributed by atoms with Gasteiger partial charge in [-0.05, 0) is 30.7 Å². The third kappa shape index (κ3) is 4.36. The molecule has 0 saturated heterocycles. The molecule has 134 valence electrons. The molecule has 6 nitrogen and oxygen atoms in total. The second-order valence-electron chi connectivity index (χ2n) is 5.71. The molecule has 26 heavy (non-hydrogen) atoms. The summed E-state index contributed by atoms with van der Waals surface area (Å²) in [5, 5.41) is 0. The molecule has 0 unspecified atom stereocenters. The van der Waals surface area contributed by atoms with E-state index < -0.39 is 5.97 Å². The Bertz CT molecular complexity index is 1040. The van der Waals surface area contributed by atoms with Crippen LogP contribution in [0, 0.1) is 6.92 Å². The molecule has 3 aromatic rings. The van der Waals surface area contributed by atoms with Crippen molar-refractivity contribution in [3.8, 4) is 0 Å². The van der Waals surface area contributed by atoms with E-state index in [4.69, 9.17) is 16.3 Å². The zero-order valence-corrected chi connectivity index (χ0v) is 15.5. The minimum absolute atomic E-state index is 0.0416. The summed E-state index contributed by atoms with van der Waals surface area (Å²) in [4.78, 5) is 40.7. The molecular weight excluding hydrogens is 376 g/mol. The Morgan fingerprint density at radius 3 is 2.77 bits per heavy atom. The van der Waals surface area contributed by atoms with Crippen molar-refractivity contribution in [2.75, 3.05) is 0 Å². The Labute approximate surface area is 158 Å². The lowest BCUT2D eigenvalue weighted by Gasteiger charge is -2.06. The van der Waals surface area contributed by atoms with Gasteiger partial charge in [0.15, 0.2) is 5.78 Å². The standard InChI is InChI=1S/C18H15ClN2O4S/c1-11-2-6-16-20-12(8-17(23)21(16)9-11)10-25-18(24)7-3-13(22)14-4-5-15(19)26-14/h2,4-6,8-9H,3,7,10H2,1H3. The van der Waals surface area contributed by atoms with Gasteiger partial charge in [0.1, 0.15) is 12.3 Å². The number of carbonyl (C=O) groups excluding carboxylic acids is 2. The quantitative estimate of drug-likeness (QED) is 0.476. The van der Waals surface area contributed by atoms with Crippen LogP contribution >= 0.6 is 22.9 Å². The highest BCUT2D eigenvalue weighted by molar-refractivity contribution is 7.18. The monoisotopic (exact) mass is 390 g/mol. The molecule has 0 aromatic carbocycles. The second kappa shape index (κ2) is 7.80. The van der Waals surface area contributed by atoms with Crippen LogP contribution in [0.15, 0.2) is 41.3 Å². The zero-order valence-electron chi connectivity index (χ0n) is 13.9. The number of carbonyl (C=O) groups is 2. The molecule has 0 radical (unpaired) electrons. The molecule has 3 heterocycles. The lowest BCUT2D eigenvalue weighted by molar-refractivity contribution is -0.145. The van der Waals surface area contributed by atoms with Gasteiger partial charge in [-0.3, -0.25) is 18.8 Å². The maximum atomic E-state index is 12.1. The highest BCUT2D eigenvalue weighted by Crippen LogP contribution is 2.23. The summed E-state index contributed by atoms with van der Waals surface area (Å²) >= 11 is 6.97. The summed E-state index contributed by atoms with van der Waals surface area (Å²) in [7, 11) is 0. The fourth-order valence-electron chi connectivity index (χ4n) is 2.36. The normalized spacial score (nSPS) is 10.8. The molecule has 0 atom stereocenters. The van der Waals surface area contributed by atoms with E-state index in [1.165, 1.54) is 21.8 Å². The molecule has 0 fully saturated rings. The van der Waals surface area contributed by atoms with Crippen LogP contribution in [0.5, 0.6) is 0 Å². The van der Waals surface area contributed by atoms with Crippen LogP contribution in [-0.2, 0) is 16.1 Å². The molecule has 0 aliphatic rings. The van der Waals surface area contributed by atoms with Crippen molar-refractivity contribution < 1.29 is 14.3 Å². The number of nitrogens with zero attached hydrogens (tertiary/aromatic N) is 2. The Morgan fingerprint density at radius 2 is 2.04 bits per heavy atom. The van der Waals surface area contributed by atoms with Crippen molar-refractivity contribution in [2.24, 2.45) is 0 Å². The summed E-state index contributed by atoms with van der Waals surface area (Å²) in [6, 6.07) is 8.18. The maximum Gasteiger partial charge on any atom is 0.306 e. The first-order chi connectivity index (χ1) is 12.4. The summed E-state index contributed by atoms with van der Waals surface area (Å²) in [5.41, 5.74) is 1.55. The molecule has 0 N–H and O–H groups in total. The lowest BCUT2D eigenvalue weighted by atomic mass is 10.2. The van der Waals surface area contributed by atoms with Crippen molar-refractivity contribution >= 4 is 40.3 Å². The lowest BCUT2D eigenvalue weighted by Crippen LogP contribution is -2.17. The van der Waals surface area contributed by atoms with Gasteiger partial charge in [-0.15, -0.1) is 11.3 Å². The number of ketones is 1. The van der Waals surface area contributed by atoms with Crippen molar-refractivity contribution in [3.05, 3.63) is 67.4 Å². The zero-order chi connectivity index (χ0) is 18.7. The summed E-state index contributed by atoms with van der Waals surface area (Å²) in [6.45, 7) is 1.77. The molecule has 8 heteroatoms. The Kier molecular flexibility index (Phi) is 5.49. The number of aromatic nitrogens is 2. The number of hydrogen-bond donors (Lipinski definition) is 0. The van der Waals surface area contributed by atoms with Gasteiger partial charge in [0.2, 0.25) is 0 Å². The molecule has 3 aromatic heterocycles. The van der Waals surface area contributed by atoms with Gasteiger partial charge < -0.3 is 4.74 Å². The average Bonchev–Trinajstić information content (AvgIpc) is 3.05. The van der Waals surface area contributed by atoms with E-state index in [2.05, 4.69) is 4.98 Å². The minimum Gasteiger partial charge on any atom is -0.459 e. The topological polar surface area (TPSA) is 77.7 Å². The van der Waals surface area contributed by atoms with Crippen LogP contribution < -0.4 is 5.56 Å². The van der Waals surface area contributed by atoms with E-state index >= 15 is 0 Å². The van der Waals surface area contributed by atoms with Crippen molar-refractivity contribution in [1.82, 2.24) is 9.38 Å². The van der Waals surface area contributed by atoms with Gasteiger partial charge in [-0.2, -0.15) is 0 Å². The van der Waals surface area contributed by atoms with E-state index in [0.717, 1.165) is 5.56 Å². The highest BCUT2D eigenvalue weighted by atomic mass is 35.5. The number of fused-ring (bicyclic) bond motifs is 1. The molecule has 0 bridgehead atoms. The van der Waals surface area contributed by atoms with Gasteiger partial charge in [0.25, 0.3) is 5.56 Å². The number of aryl methyl sites for hydroxylation is 1. The summed E-state index contributed by atoms with van der Waals surface area (Å²) in [5.74, 6) is -0.678. The molecule has 0 aliphatic heterocycles. The van der Waals surface area contributed by atoms with E-state index in [1.807, 2.05) is 13.0 Å². The SMILES string of the molecule is Cc1ccc2nc(COC(=O)CCC(=O)c3ccc(Cl)s3)cc(=O)n2c1. The van der Waals surface area contributed by atoms with Gasteiger partial charge in [0, 0.05) is 18.7 Å². The third-order valence-corrected chi connectivity index (χ3v) is 4.92. The van der Waals surface area contributed by atoms with Gasteiger partial charge >= 0.3 is 5.97 Å². The van der Waals surface area contributed by atoms with Crippen LogP contribution in [0.25, 0.3) is 5.65 Å². The average molecular weight is 391 g/mol. The Hall–Kier alpha value is -2.51. The predicted octanol–water partition coefficient (Wildman–Crippen LogP) is 3.42. The fraction of sp³-hybridized carbons (Fsp3) is 0.222. The van der Waals surface area contributed by atoms with E-state index in [1.54, 1.807) is 24.4 Å². The number of hydrogen-bond acceptors (Lipinski definition) is 6. The number of rotatable bonds is 6. The van der Waals surface area contributed by atoms with Crippen molar-refractivity contribution in [3.63, 3.8) is 0 Å². The molecule has 0 amide bonds. The van der Waals surface area contributed by atoms with E-state index in [9.17, 15) is 14.4 Å². The number of halogens is 1. The number of esters is 1. The maximum absolute atomic E-state index is 12.1. The third-order valence-electron chi connectivity index (χ3n) is 3.65. The number of ether oxygens (including phenoxy) is 1. The summed E-state index contributed by atoms with van der Waals surface area (Å²) < 4.78 is 7.09. The second-order valence-corrected chi connectivity index (χ2v) is 7.42. The molecular formula is C18H15ClN2O4S. The van der Waals surface area contributed by atoms with Crippen LogP contribution in [0.4, 0.5) is 0 Å². The number of Topliss-reactive ketones (excluding diaryl/α,β-unsaturated/α-hetero) is 1. The van der Waals surface area contributed by atoms with Crippen LogP contribution in [-0.4, -0.2) is 21.1 Å². The molecule has 0 spiro atoms. The predicted molar refractivity (Wildman–Crippen MR) is 98.9 cm³/mol. The fourth-order valence-corrected chi connectivity index (χ4v) is 3.37. The largest absolute Gasteiger partial charge is 0.459 e. The van der Waals surface area contributed by atoms with Gasteiger partial charge in [-0.25, -0.2) is 4.98 Å². The first kappa shape index (κ1) is 18.3. The minimum atomic E-state index is -0.521. The van der Waals surface area contributed by atoms with Gasteiger partial charge in [0.05, 0.1) is 21.3 Å². The first-order valence-corrected chi connectivity index (χ1v) is 9.05. The van der Waals surface area contributed by atoms with Crippen molar-refractivity contribution in [2.45, 2.75) is 26.4 Å². The first-order valence-electron chi connectivity index (χ1n) is 7.85. The highest BCUT2D eigenvalue weighted by Gasteiger charge is 2.13. The Balaban J connectivity index is 1.57. The Morgan fingerprint density at radius 1 is 1.23 bits per heavy atom. The number of thiophene rings is 1.